The van der Waals surface area contributed by atoms with Gasteiger partial charge >= 0.3 is 11.9 Å². The van der Waals surface area contributed by atoms with Crippen molar-refractivity contribution in [1.29, 1.82) is 0 Å². The van der Waals surface area contributed by atoms with Crippen molar-refractivity contribution in [2.24, 2.45) is 16.7 Å². The number of aliphatic hydroxyl groups excluding tert-OH is 1. The molecule has 9 atom stereocenters. The van der Waals surface area contributed by atoms with Gasteiger partial charge in [0.1, 0.15) is 29.0 Å². The number of hydrogen-bond acceptors (Lipinski definition) is 8. The molecule has 0 aromatic carbocycles. The molecule has 4 aliphatic rings. The lowest BCUT2D eigenvalue weighted by atomic mass is 9.42. The lowest BCUT2D eigenvalue weighted by molar-refractivity contribution is -0.326. The van der Waals surface area contributed by atoms with E-state index in [1.807, 2.05) is 6.08 Å². The molecule has 0 spiro atoms. The molecule has 9 unspecified atom stereocenters. The van der Waals surface area contributed by atoms with Gasteiger partial charge in [-0.15, -0.1) is 0 Å². The van der Waals surface area contributed by atoms with Crippen LogP contribution in [-0.2, 0) is 19.1 Å². The second kappa shape index (κ2) is 8.65. The number of rotatable bonds is 4. The molecule has 8 heteroatoms. The molecule has 0 aliphatic heterocycles. The maximum atomic E-state index is 13.0. The van der Waals surface area contributed by atoms with E-state index in [1.165, 1.54) is 6.92 Å². The van der Waals surface area contributed by atoms with E-state index in [0.717, 1.165) is 5.57 Å². The minimum Gasteiger partial charge on any atom is -0.460 e. The third-order valence-corrected chi connectivity index (χ3v) is 10.6. The van der Waals surface area contributed by atoms with Crippen molar-refractivity contribution in [1.82, 2.24) is 0 Å². The van der Waals surface area contributed by atoms with E-state index in [1.54, 1.807) is 33.8 Å². The van der Waals surface area contributed by atoms with E-state index in [2.05, 4.69) is 6.92 Å². The summed E-state index contributed by atoms with van der Waals surface area (Å²) in [6.07, 6.45) is 3.39. The minimum atomic E-state index is -1.83. The number of aliphatic hydroxyl groups is 4. The van der Waals surface area contributed by atoms with Gasteiger partial charge in [-0.1, -0.05) is 31.6 Å². The summed E-state index contributed by atoms with van der Waals surface area (Å²) in [6.45, 7) is 9.92. The van der Waals surface area contributed by atoms with Gasteiger partial charge < -0.3 is 29.9 Å². The molecular formula is C28H42O8. The second-order valence-corrected chi connectivity index (χ2v) is 12.1. The van der Waals surface area contributed by atoms with Gasteiger partial charge in [-0.05, 0) is 71.1 Å². The molecule has 202 valence electrons. The Kier molecular flexibility index (Phi) is 6.56. The topological polar surface area (TPSA) is 134 Å². The van der Waals surface area contributed by atoms with E-state index >= 15 is 0 Å². The molecule has 0 amide bonds. The van der Waals surface area contributed by atoms with E-state index in [-0.39, 0.29) is 25.7 Å². The molecule has 3 fully saturated rings. The summed E-state index contributed by atoms with van der Waals surface area (Å²) in [4.78, 5) is 24.9. The van der Waals surface area contributed by atoms with Gasteiger partial charge in [-0.25, -0.2) is 4.79 Å². The average molecular weight is 507 g/mol. The Bertz CT molecular complexity index is 1000. The van der Waals surface area contributed by atoms with E-state index in [4.69, 9.17) is 9.47 Å². The van der Waals surface area contributed by atoms with Crippen molar-refractivity contribution in [3.8, 4) is 0 Å². The maximum Gasteiger partial charge on any atom is 0.333 e. The molecule has 0 radical (unpaired) electrons. The average Bonchev–Trinajstić information content (AvgIpc) is 3.04. The van der Waals surface area contributed by atoms with Crippen LogP contribution in [0.2, 0.25) is 0 Å². The minimum absolute atomic E-state index is 0.0527. The highest BCUT2D eigenvalue weighted by atomic mass is 16.6. The molecule has 4 N–H and O–H groups in total. The quantitative estimate of drug-likeness (QED) is 0.260. The third kappa shape index (κ3) is 3.40. The fraction of sp³-hybridized carbons (Fsp3) is 0.786. The van der Waals surface area contributed by atoms with Crippen LogP contribution in [0.3, 0.4) is 0 Å². The Morgan fingerprint density at radius 1 is 1.14 bits per heavy atom. The predicted molar refractivity (Wildman–Crippen MR) is 132 cm³/mol. The van der Waals surface area contributed by atoms with Crippen molar-refractivity contribution in [3.05, 3.63) is 23.3 Å². The van der Waals surface area contributed by atoms with Crippen molar-refractivity contribution >= 4 is 11.9 Å². The van der Waals surface area contributed by atoms with Crippen molar-refractivity contribution in [3.63, 3.8) is 0 Å². The molecule has 3 saturated carbocycles. The summed E-state index contributed by atoms with van der Waals surface area (Å²) in [5.41, 5.74) is -5.78. The Morgan fingerprint density at radius 3 is 2.42 bits per heavy atom. The molecule has 0 bridgehead atoms. The van der Waals surface area contributed by atoms with Crippen LogP contribution in [0.25, 0.3) is 0 Å². The first-order valence-electron chi connectivity index (χ1n) is 13.2. The van der Waals surface area contributed by atoms with Crippen LogP contribution in [-0.4, -0.2) is 67.5 Å². The Morgan fingerprint density at radius 2 is 1.81 bits per heavy atom. The number of hydrogen-bond donors (Lipinski definition) is 4. The number of carbonyl (C=O) groups excluding carboxylic acids is 2. The number of esters is 2. The molecule has 0 saturated heterocycles. The number of fused-ring (bicyclic) bond motifs is 5. The maximum absolute atomic E-state index is 13.0. The molecule has 0 heterocycles. The zero-order chi connectivity index (χ0) is 26.9. The van der Waals surface area contributed by atoms with E-state index in [0.29, 0.717) is 24.8 Å². The number of allylic oxidation sites excluding steroid dienone is 1. The van der Waals surface area contributed by atoms with E-state index in [9.17, 15) is 30.0 Å². The smallest absolute Gasteiger partial charge is 0.333 e. The molecule has 8 nitrogen and oxygen atoms in total. The summed E-state index contributed by atoms with van der Waals surface area (Å²) < 4.78 is 11.5. The lowest BCUT2D eigenvalue weighted by Gasteiger charge is -2.67. The SMILES string of the molecule is CC=C(C)C(=O)OC1CC2C3(C)CCC(O)CC3=CCC2(O)C2(O)CCC(O)(C(C)OC(C)=O)C12C. The summed E-state index contributed by atoms with van der Waals surface area (Å²) in [5.74, 6) is -1.59. The Labute approximate surface area is 213 Å². The van der Waals surface area contributed by atoms with Crippen LogP contribution in [0.15, 0.2) is 23.3 Å². The molecule has 4 rings (SSSR count). The summed E-state index contributed by atoms with van der Waals surface area (Å²) in [5, 5.41) is 47.4. The van der Waals surface area contributed by atoms with Gasteiger partial charge in [-0.2, -0.15) is 0 Å². The molecule has 0 aromatic heterocycles. The van der Waals surface area contributed by atoms with E-state index < -0.39 is 63.8 Å². The highest BCUT2D eigenvalue weighted by Crippen LogP contribution is 2.71. The molecular weight excluding hydrogens is 464 g/mol. The first-order chi connectivity index (χ1) is 16.6. The second-order valence-electron chi connectivity index (χ2n) is 12.1. The van der Waals surface area contributed by atoms with Gasteiger partial charge in [-0.3, -0.25) is 4.79 Å². The van der Waals surface area contributed by atoms with Gasteiger partial charge in [0.25, 0.3) is 0 Å². The first-order valence-corrected chi connectivity index (χ1v) is 13.2. The van der Waals surface area contributed by atoms with Gasteiger partial charge in [0.15, 0.2) is 0 Å². The fourth-order valence-electron chi connectivity index (χ4n) is 8.18. The van der Waals surface area contributed by atoms with Gasteiger partial charge in [0.05, 0.1) is 11.5 Å². The van der Waals surface area contributed by atoms with Crippen molar-refractivity contribution < 1.29 is 39.5 Å². The van der Waals surface area contributed by atoms with Crippen LogP contribution in [0.4, 0.5) is 0 Å². The molecule has 0 aromatic rings. The summed E-state index contributed by atoms with van der Waals surface area (Å²) in [6, 6.07) is 0. The fourth-order valence-corrected chi connectivity index (χ4v) is 8.18. The largest absolute Gasteiger partial charge is 0.460 e. The van der Waals surface area contributed by atoms with Crippen LogP contribution < -0.4 is 0 Å². The van der Waals surface area contributed by atoms with Crippen LogP contribution in [0.1, 0.15) is 86.5 Å². The molecule has 4 aliphatic carbocycles. The Balaban J connectivity index is 1.88. The number of carbonyl (C=O) groups is 2. The normalized spacial score (nSPS) is 47.1. The van der Waals surface area contributed by atoms with Gasteiger partial charge in [0.2, 0.25) is 0 Å². The lowest BCUT2D eigenvalue weighted by Crippen LogP contribution is -2.78. The third-order valence-electron chi connectivity index (χ3n) is 10.6. The van der Waals surface area contributed by atoms with Crippen LogP contribution >= 0.6 is 0 Å². The number of ether oxygens (including phenoxy) is 2. The van der Waals surface area contributed by atoms with Crippen LogP contribution in [0.5, 0.6) is 0 Å². The van der Waals surface area contributed by atoms with Crippen molar-refractivity contribution in [2.45, 2.75) is 122 Å². The zero-order valence-electron chi connectivity index (χ0n) is 22.3. The summed E-state index contributed by atoms with van der Waals surface area (Å²) >= 11 is 0. The monoisotopic (exact) mass is 506 g/mol. The first kappa shape index (κ1) is 27.3. The highest BCUT2D eigenvalue weighted by Gasteiger charge is 2.81. The molecule has 36 heavy (non-hydrogen) atoms. The highest BCUT2D eigenvalue weighted by molar-refractivity contribution is 5.87. The standard InChI is InChI=1S/C28H42O8/c1-7-16(2)23(31)36-22-15-21-24(5)10-9-20(30)14-19(24)8-11-27(21,33)28(34)13-12-26(32,25(22,28)6)17(3)35-18(4)29/h7-8,17,20-22,30,32-34H,9-15H2,1-6H3. The zero-order valence-corrected chi connectivity index (χ0v) is 22.3. The summed E-state index contributed by atoms with van der Waals surface area (Å²) in [7, 11) is 0. The Hall–Kier alpha value is -1.74. The van der Waals surface area contributed by atoms with Gasteiger partial charge in [0, 0.05) is 18.4 Å². The van der Waals surface area contributed by atoms with Crippen molar-refractivity contribution in [2.75, 3.05) is 0 Å². The van der Waals surface area contributed by atoms with Crippen LogP contribution in [0, 0.1) is 16.7 Å². The predicted octanol–water partition coefficient (Wildman–Crippen LogP) is 2.71.